The van der Waals surface area contributed by atoms with Gasteiger partial charge in [-0.3, -0.25) is 15.5 Å². The summed E-state index contributed by atoms with van der Waals surface area (Å²) in [6, 6.07) is 7.29. The summed E-state index contributed by atoms with van der Waals surface area (Å²) in [5, 5.41) is 23.7. The zero-order chi connectivity index (χ0) is 16.8. The lowest BCUT2D eigenvalue weighted by Crippen LogP contribution is -2.22. The van der Waals surface area contributed by atoms with Gasteiger partial charge >= 0.3 is 0 Å². The van der Waals surface area contributed by atoms with Crippen LogP contribution in [-0.2, 0) is 13.7 Å². The summed E-state index contributed by atoms with van der Waals surface area (Å²) in [6.07, 6.45) is 1.64. The number of hydrogen-bond donors (Lipinski definition) is 3. The Morgan fingerprint density at radius 2 is 2.35 bits per heavy atom. The Balaban J connectivity index is 2.19. The first-order valence-corrected chi connectivity index (χ1v) is 6.48. The van der Waals surface area contributed by atoms with E-state index in [0.717, 1.165) is 11.8 Å². The Morgan fingerprint density at radius 1 is 1.57 bits per heavy atom. The summed E-state index contributed by atoms with van der Waals surface area (Å²) in [5.74, 6) is -0.664. The molecule has 9 heteroatoms. The number of benzene rings is 1. The first-order chi connectivity index (χ1) is 11.0. The molecule has 0 aliphatic rings. The SMILES string of the molecule is Cn1nccc1COc1ccc(F)cc1N/N=C(\C#N)C(=N)N. The largest absolute Gasteiger partial charge is 0.485 e. The molecule has 118 valence electrons. The molecule has 1 aromatic heterocycles. The third-order valence-corrected chi connectivity index (χ3v) is 2.89. The molecule has 0 fully saturated rings. The minimum atomic E-state index is -0.503. The summed E-state index contributed by atoms with van der Waals surface area (Å²) in [5.41, 5.74) is 8.40. The topological polar surface area (TPSA) is 125 Å². The molecule has 0 saturated carbocycles. The van der Waals surface area contributed by atoms with Crippen molar-refractivity contribution >= 4 is 17.2 Å². The van der Waals surface area contributed by atoms with E-state index in [1.807, 2.05) is 0 Å². The van der Waals surface area contributed by atoms with Gasteiger partial charge in [-0.2, -0.15) is 15.5 Å². The van der Waals surface area contributed by atoms with Crippen molar-refractivity contribution in [3.8, 4) is 11.8 Å². The number of nitrogens with zero attached hydrogens (tertiary/aromatic N) is 4. The predicted octanol–water partition coefficient (Wildman–Crippen LogP) is 1.37. The Kier molecular flexibility index (Phi) is 4.89. The van der Waals surface area contributed by atoms with Crippen molar-refractivity contribution in [1.82, 2.24) is 9.78 Å². The Bertz CT molecular complexity index is 791. The van der Waals surface area contributed by atoms with Crippen molar-refractivity contribution in [2.24, 2.45) is 17.9 Å². The monoisotopic (exact) mass is 315 g/mol. The summed E-state index contributed by atoms with van der Waals surface area (Å²) in [6.45, 7) is 0.221. The second-order valence-corrected chi connectivity index (χ2v) is 4.47. The number of halogens is 1. The molecule has 8 nitrogen and oxygen atoms in total. The fraction of sp³-hybridized carbons (Fsp3) is 0.143. The van der Waals surface area contributed by atoms with Crippen LogP contribution < -0.4 is 15.9 Å². The van der Waals surface area contributed by atoms with Crippen molar-refractivity contribution in [3.05, 3.63) is 42.0 Å². The molecule has 2 rings (SSSR count). The van der Waals surface area contributed by atoms with Crippen LogP contribution in [0.15, 0.2) is 35.6 Å². The van der Waals surface area contributed by atoms with E-state index in [1.54, 1.807) is 30.1 Å². The average Bonchev–Trinajstić information content (AvgIpc) is 2.92. The van der Waals surface area contributed by atoms with Gasteiger partial charge in [-0.05, 0) is 18.2 Å². The third kappa shape index (κ3) is 4.04. The van der Waals surface area contributed by atoms with Gasteiger partial charge in [0.25, 0.3) is 0 Å². The van der Waals surface area contributed by atoms with Crippen LogP contribution in [0.2, 0.25) is 0 Å². The fourth-order valence-electron chi connectivity index (χ4n) is 1.67. The molecule has 0 saturated heterocycles. The van der Waals surface area contributed by atoms with Gasteiger partial charge in [0.15, 0.2) is 5.84 Å². The van der Waals surface area contributed by atoms with Crippen molar-refractivity contribution in [3.63, 3.8) is 0 Å². The average molecular weight is 315 g/mol. The van der Waals surface area contributed by atoms with Gasteiger partial charge in [0.2, 0.25) is 5.71 Å². The van der Waals surface area contributed by atoms with Crippen molar-refractivity contribution in [1.29, 1.82) is 10.7 Å². The van der Waals surface area contributed by atoms with Gasteiger partial charge in [0.05, 0.1) is 5.69 Å². The zero-order valence-corrected chi connectivity index (χ0v) is 12.2. The Morgan fingerprint density at radius 3 is 2.96 bits per heavy atom. The first-order valence-electron chi connectivity index (χ1n) is 6.48. The van der Waals surface area contributed by atoms with Crippen LogP contribution in [0.1, 0.15) is 5.69 Å². The first kappa shape index (κ1) is 16.0. The van der Waals surface area contributed by atoms with Crippen LogP contribution in [0.3, 0.4) is 0 Å². The number of nitriles is 1. The van der Waals surface area contributed by atoms with E-state index in [1.165, 1.54) is 12.1 Å². The van der Waals surface area contributed by atoms with E-state index in [2.05, 4.69) is 15.6 Å². The molecular weight excluding hydrogens is 301 g/mol. The van der Waals surface area contributed by atoms with Crippen LogP contribution in [0, 0.1) is 22.6 Å². The molecular formula is C14H14FN7O. The lowest BCUT2D eigenvalue weighted by Gasteiger charge is -2.11. The molecule has 4 N–H and O–H groups in total. The summed E-state index contributed by atoms with van der Waals surface area (Å²) in [4.78, 5) is 0. The Hall–Kier alpha value is -3.41. The lowest BCUT2D eigenvalue weighted by molar-refractivity contribution is 0.296. The maximum Gasteiger partial charge on any atom is 0.201 e. The molecule has 2 aromatic rings. The second-order valence-electron chi connectivity index (χ2n) is 4.47. The van der Waals surface area contributed by atoms with Gasteiger partial charge in [-0.1, -0.05) is 0 Å². The van der Waals surface area contributed by atoms with E-state index in [-0.39, 0.29) is 18.0 Å². The highest BCUT2D eigenvalue weighted by Gasteiger charge is 2.08. The molecule has 0 aliphatic heterocycles. The number of nitrogens with two attached hydrogens (primary N) is 1. The number of ether oxygens (including phenoxy) is 1. The zero-order valence-electron chi connectivity index (χ0n) is 12.2. The maximum atomic E-state index is 13.4. The van der Waals surface area contributed by atoms with Crippen LogP contribution in [-0.4, -0.2) is 21.3 Å². The molecule has 0 bridgehead atoms. The van der Waals surface area contributed by atoms with E-state index >= 15 is 0 Å². The van der Waals surface area contributed by atoms with Crippen molar-refractivity contribution < 1.29 is 9.13 Å². The minimum Gasteiger partial charge on any atom is -0.485 e. The number of rotatable bonds is 6. The highest BCUT2D eigenvalue weighted by molar-refractivity contribution is 6.45. The van der Waals surface area contributed by atoms with Gasteiger partial charge in [-0.25, -0.2) is 4.39 Å². The molecule has 0 amide bonds. The van der Waals surface area contributed by atoms with Gasteiger partial charge in [0.1, 0.15) is 29.9 Å². The van der Waals surface area contributed by atoms with E-state index < -0.39 is 11.7 Å². The maximum absolute atomic E-state index is 13.4. The predicted molar refractivity (Wildman–Crippen MR) is 82.5 cm³/mol. The number of amidine groups is 1. The molecule has 1 heterocycles. The fourth-order valence-corrected chi connectivity index (χ4v) is 1.67. The molecule has 0 aliphatic carbocycles. The molecule has 0 radical (unpaired) electrons. The highest BCUT2D eigenvalue weighted by atomic mass is 19.1. The quantitative estimate of drug-likeness (QED) is 0.422. The van der Waals surface area contributed by atoms with Crippen molar-refractivity contribution in [2.45, 2.75) is 6.61 Å². The number of aryl methyl sites for hydroxylation is 1. The van der Waals surface area contributed by atoms with Crippen LogP contribution in [0.25, 0.3) is 0 Å². The molecule has 1 aromatic carbocycles. The van der Waals surface area contributed by atoms with Crippen LogP contribution in [0.4, 0.5) is 10.1 Å². The van der Waals surface area contributed by atoms with Crippen molar-refractivity contribution in [2.75, 3.05) is 5.43 Å². The number of aromatic nitrogens is 2. The van der Waals surface area contributed by atoms with Gasteiger partial charge < -0.3 is 10.5 Å². The van der Waals surface area contributed by atoms with E-state index in [0.29, 0.717) is 5.75 Å². The smallest absolute Gasteiger partial charge is 0.201 e. The number of anilines is 1. The summed E-state index contributed by atoms with van der Waals surface area (Å²) in [7, 11) is 1.78. The molecule has 0 atom stereocenters. The molecule has 0 unspecified atom stereocenters. The van der Waals surface area contributed by atoms with Gasteiger partial charge in [-0.15, -0.1) is 0 Å². The number of hydrogen-bond acceptors (Lipinski definition) is 6. The van der Waals surface area contributed by atoms with E-state index in [4.69, 9.17) is 21.1 Å². The van der Waals surface area contributed by atoms with Crippen LogP contribution >= 0.6 is 0 Å². The van der Waals surface area contributed by atoms with Crippen LogP contribution in [0.5, 0.6) is 5.75 Å². The number of nitrogens with one attached hydrogen (secondary N) is 2. The lowest BCUT2D eigenvalue weighted by atomic mass is 10.3. The summed E-state index contributed by atoms with van der Waals surface area (Å²) < 4.78 is 20.7. The van der Waals surface area contributed by atoms with E-state index in [9.17, 15) is 4.39 Å². The minimum absolute atomic E-state index is 0.209. The third-order valence-electron chi connectivity index (χ3n) is 2.89. The molecule has 0 spiro atoms. The highest BCUT2D eigenvalue weighted by Crippen LogP contribution is 2.26. The number of hydrazone groups is 1. The van der Waals surface area contributed by atoms with Gasteiger partial charge in [0, 0.05) is 19.3 Å². The normalized spacial score (nSPS) is 10.9. The second kappa shape index (κ2) is 7.04. The standard InChI is InChI=1S/C14H14FN7O/c1-22-10(4-5-19-22)8-23-13-3-2-9(15)6-11(13)20-21-12(7-16)14(17)18/h2-6,20H,8H2,1H3,(H3,17,18)/b21-12+. The Labute approximate surface area is 131 Å². The summed E-state index contributed by atoms with van der Waals surface area (Å²) >= 11 is 0. The molecule has 23 heavy (non-hydrogen) atoms.